The highest BCUT2D eigenvalue weighted by Gasteiger charge is 2.11. The summed E-state index contributed by atoms with van der Waals surface area (Å²) in [6, 6.07) is 19.7. The monoisotopic (exact) mass is 558 g/mol. The number of carbonyl (C=O) groups is 3. The number of aryl methyl sites for hydroxylation is 1. The van der Waals surface area contributed by atoms with Crippen LogP contribution >= 0.6 is 27.5 Å². The van der Waals surface area contributed by atoms with E-state index < -0.39 is 18.5 Å². The van der Waals surface area contributed by atoms with Gasteiger partial charge in [-0.3, -0.25) is 14.4 Å². The second-order valence-electron chi connectivity index (χ2n) is 7.68. The molecule has 3 aromatic rings. The van der Waals surface area contributed by atoms with Crippen molar-refractivity contribution < 1.29 is 23.9 Å². The van der Waals surface area contributed by atoms with Crippen molar-refractivity contribution in [1.29, 1.82) is 0 Å². The number of benzene rings is 3. The average molecular weight is 560 g/mol. The third-order valence-corrected chi connectivity index (χ3v) is 5.52. The molecule has 0 aromatic heterocycles. The van der Waals surface area contributed by atoms with Crippen LogP contribution in [0.25, 0.3) is 0 Å². The van der Waals surface area contributed by atoms with Gasteiger partial charge in [-0.15, -0.1) is 0 Å². The number of hydrogen-bond acceptors (Lipinski definition) is 5. The molecule has 0 aliphatic rings. The van der Waals surface area contributed by atoms with Crippen LogP contribution in [0, 0.1) is 6.92 Å². The van der Waals surface area contributed by atoms with Gasteiger partial charge >= 0.3 is 5.97 Å². The SMILES string of the molecule is Cc1cccc(Oc2ccc(NC(=O)CCCC(=O)OCC(=O)Nc3ccc(Br)cc3Cl)cc2)c1. The second kappa shape index (κ2) is 12.9. The Morgan fingerprint density at radius 1 is 0.886 bits per heavy atom. The fourth-order valence-electron chi connectivity index (χ4n) is 3.03. The Bertz CT molecular complexity index is 1200. The second-order valence-corrected chi connectivity index (χ2v) is 9.00. The van der Waals surface area contributed by atoms with Gasteiger partial charge in [-0.25, -0.2) is 0 Å². The van der Waals surface area contributed by atoms with E-state index in [1.165, 1.54) is 0 Å². The van der Waals surface area contributed by atoms with Gasteiger partial charge in [0.05, 0.1) is 10.7 Å². The molecule has 0 saturated carbocycles. The first-order valence-electron chi connectivity index (χ1n) is 10.8. The molecule has 3 aromatic carbocycles. The molecule has 182 valence electrons. The zero-order chi connectivity index (χ0) is 25.2. The smallest absolute Gasteiger partial charge is 0.306 e. The van der Waals surface area contributed by atoms with Crippen LogP contribution < -0.4 is 15.4 Å². The summed E-state index contributed by atoms with van der Waals surface area (Å²) in [6.45, 7) is 1.55. The number of ether oxygens (including phenoxy) is 2. The molecule has 0 aliphatic carbocycles. The Balaban J connectivity index is 1.33. The van der Waals surface area contributed by atoms with Crippen molar-refractivity contribution in [1.82, 2.24) is 0 Å². The molecule has 0 aliphatic heterocycles. The van der Waals surface area contributed by atoms with Gasteiger partial charge in [0.2, 0.25) is 5.91 Å². The van der Waals surface area contributed by atoms with E-state index in [9.17, 15) is 14.4 Å². The van der Waals surface area contributed by atoms with E-state index in [4.69, 9.17) is 21.1 Å². The van der Waals surface area contributed by atoms with E-state index in [2.05, 4.69) is 26.6 Å². The predicted octanol–water partition coefficient (Wildman–Crippen LogP) is 6.49. The van der Waals surface area contributed by atoms with Crippen molar-refractivity contribution >= 4 is 56.7 Å². The summed E-state index contributed by atoms with van der Waals surface area (Å²) < 4.78 is 11.5. The fraction of sp³-hybridized carbons (Fsp3) is 0.192. The lowest BCUT2D eigenvalue weighted by Crippen LogP contribution is -2.21. The molecule has 0 atom stereocenters. The van der Waals surface area contributed by atoms with Gasteiger partial charge < -0.3 is 20.1 Å². The summed E-state index contributed by atoms with van der Waals surface area (Å²) in [6.07, 6.45) is 0.444. The molecule has 7 nitrogen and oxygen atoms in total. The van der Waals surface area contributed by atoms with Gasteiger partial charge in [0.1, 0.15) is 11.5 Å². The van der Waals surface area contributed by atoms with E-state index in [0.717, 1.165) is 15.8 Å². The highest BCUT2D eigenvalue weighted by atomic mass is 79.9. The van der Waals surface area contributed by atoms with Crippen LogP contribution in [0.5, 0.6) is 11.5 Å². The van der Waals surface area contributed by atoms with E-state index in [1.54, 1.807) is 42.5 Å². The first kappa shape index (κ1) is 26.2. The third-order valence-electron chi connectivity index (χ3n) is 4.72. The number of hydrogen-bond donors (Lipinski definition) is 2. The minimum atomic E-state index is -0.562. The van der Waals surface area contributed by atoms with Crippen LogP contribution in [-0.2, 0) is 19.1 Å². The molecular formula is C26H24BrClN2O5. The molecule has 9 heteroatoms. The number of amides is 2. The first-order chi connectivity index (χ1) is 16.8. The Morgan fingerprint density at radius 2 is 1.66 bits per heavy atom. The van der Waals surface area contributed by atoms with Gasteiger partial charge in [-0.1, -0.05) is 39.7 Å². The van der Waals surface area contributed by atoms with E-state index in [1.807, 2.05) is 31.2 Å². The third kappa shape index (κ3) is 9.07. The average Bonchev–Trinajstić information content (AvgIpc) is 2.81. The Hall–Kier alpha value is -3.36. The summed E-state index contributed by atoms with van der Waals surface area (Å²) in [5, 5.41) is 5.71. The molecule has 0 radical (unpaired) electrons. The Labute approximate surface area is 216 Å². The highest BCUT2D eigenvalue weighted by Crippen LogP contribution is 2.26. The maximum atomic E-state index is 12.2. The molecule has 35 heavy (non-hydrogen) atoms. The van der Waals surface area contributed by atoms with E-state index in [-0.39, 0.29) is 18.7 Å². The largest absolute Gasteiger partial charge is 0.457 e. The normalized spacial score (nSPS) is 10.4. The minimum absolute atomic E-state index is 0.0169. The van der Waals surface area contributed by atoms with Crippen LogP contribution in [-0.4, -0.2) is 24.4 Å². The zero-order valence-electron chi connectivity index (χ0n) is 19.0. The summed E-state index contributed by atoms with van der Waals surface area (Å²) in [5.74, 6) is 0.0986. The number of rotatable bonds is 10. The van der Waals surface area contributed by atoms with E-state index >= 15 is 0 Å². The quantitative estimate of drug-likeness (QED) is 0.277. The first-order valence-corrected chi connectivity index (χ1v) is 12.0. The van der Waals surface area contributed by atoms with Crippen molar-refractivity contribution in [3.63, 3.8) is 0 Å². The van der Waals surface area contributed by atoms with Crippen molar-refractivity contribution in [2.75, 3.05) is 17.2 Å². The maximum Gasteiger partial charge on any atom is 0.306 e. The van der Waals surface area contributed by atoms with Crippen LogP contribution in [0.1, 0.15) is 24.8 Å². The summed E-state index contributed by atoms with van der Waals surface area (Å²) >= 11 is 9.32. The molecular weight excluding hydrogens is 536 g/mol. The van der Waals surface area contributed by atoms with E-state index in [0.29, 0.717) is 28.6 Å². The van der Waals surface area contributed by atoms with Crippen LogP contribution in [0.3, 0.4) is 0 Å². The van der Waals surface area contributed by atoms with Crippen LogP contribution in [0.15, 0.2) is 71.2 Å². The van der Waals surface area contributed by atoms with Crippen LogP contribution in [0.4, 0.5) is 11.4 Å². The predicted molar refractivity (Wildman–Crippen MR) is 139 cm³/mol. The summed E-state index contributed by atoms with van der Waals surface area (Å²) in [7, 11) is 0. The lowest BCUT2D eigenvalue weighted by molar-refractivity contribution is -0.147. The zero-order valence-corrected chi connectivity index (χ0v) is 21.3. The van der Waals surface area contributed by atoms with Crippen molar-refractivity contribution in [3.8, 4) is 11.5 Å². The Morgan fingerprint density at radius 3 is 2.37 bits per heavy atom. The Kier molecular flexibility index (Phi) is 9.69. The van der Waals surface area contributed by atoms with Crippen molar-refractivity contribution in [2.45, 2.75) is 26.2 Å². The number of carbonyl (C=O) groups excluding carboxylic acids is 3. The van der Waals surface area contributed by atoms with Gasteiger partial charge in [-0.05, 0) is 73.5 Å². The molecule has 0 unspecified atom stereocenters. The lowest BCUT2D eigenvalue weighted by Gasteiger charge is -2.09. The summed E-state index contributed by atoms with van der Waals surface area (Å²) in [5.41, 5.74) is 2.14. The topological polar surface area (TPSA) is 93.7 Å². The lowest BCUT2D eigenvalue weighted by atomic mass is 10.2. The molecule has 0 fully saturated rings. The number of esters is 1. The minimum Gasteiger partial charge on any atom is -0.457 e. The van der Waals surface area contributed by atoms with Crippen LogP contribution in [0.2, 0.25) is 5.02 Å². The molecule has 0 saturated heterocycles. The molecule has 0 heterocycles. The number of halogens is 2. The molecule has 0 spiro atoms. The maximum absolute atomic E-state index is 12.2. The van der Waals surface area contributed by atoms with Gasteiger partial charge in [0.25, 0.3) is 5.91 Å². The standard InChI is InChI=1S/C26H24BrClN2O5/c1-17-4-2-5-21(14-17)35-20-11-9-19(10-12-20)29-24(31)6-3-7-26(33)34-16-25(32)30-23-13-8-18(27)15-22(23)28/h2,4-5,8-15H,3,6-7,16H2,1H3,(H,29,31)(H,30,32). The molecule has 3 rings (SSSR count). The van der Waals surface area contributed by atoms with Crippen molar-refractivity contribution in [3.05, 3.63) is 81.8 Å². The summed E-state index contributed by atoms with van der Waals surface area (Å²) in [4.78, 5) is 36.0. The number of nitrogens with one attached hydrogen (secondary N) is 2. The number of anilines is 2. The van der Waals surface area contributed by atoms with Gasteiger partial charge in [-0.2, -0.15) is 0 Å². The van der Waals surface area contributed by atoms with Gasteiger partial charge in [0, 0.05) is 23.0 Å². The highest BCUT2D eigenvalue weighted by molar-refractivity contribution is 9.10. The van der Waals surface area contributed by atoms with Crippen molar-refractivity contribution in [2.24, 2.45) is 0 Å². The molecule has 0 bridgehead atoms. The fourth-order valence-corrected chi connectivity index (χ4v) is 3.75. The van der Waals surface area contributed by atoms with Gasteiger partial charge in [0.15, 0.2) is 6.61 Å². The molecule has 2 amide bonds. The molecule has 2 N–H and O–H groups in total.